The van der Waals surface area contributed by atoms with Crippen LogP contribution in [-0.2, 0) is 4.43 Å². The van der Waals surface area contributed by atoms with Gasteiger partial charge >= 0.3 is 0 Å². The fourth-order valence-corrected chi connectivity index (χ4v) is 2.40. The second-order valence-corrected chi connectivity index (χ2v) is 3.80. The van der Waals surface area contributed by atoms with Gasteiger partial charge < -0.3 is 9.53 Å². The molecule has 0 radical (unpaired) electrons. The Balaban J connectivity index is 2.51. The molecule has 0 bridgehead atoms. The van der Waals surface area contributed by atoms with Crippen LogP contribution in [0.5, 0.6) is 0 Å². The lowest BCUT2D eigenvalue weighted by atomic mass is 9.84. The van der Waals surface area contributed by atoms with E-state index in [1.165, 1.54) is 6.42 Å². The highest BCUT2D eigenvalue weighted by Crippen LogP contribution is 2.29. The molecule has 1 N–H and O–H groups in total. The summed E-state index contributed by atoms with van der Waals surface area (Å²) in [5.41, 5.74) is -0.542. The average molecular weight is 160 g/mol. The Labute approximate surface area is 65.1 Å². The minimum Gasteiger partial charge on any atom is -0.422 e. The molecule has 2 unspecified atom stereocenters. The van der Waals surface area contributed by atoms with Crippen molar-refractivity contribution >= 4 is 10.5 Å². The van der Waals surface area contributed by atoms with Crippen molar-refractivity contribution in [2.24, 2.45) is 0 Å². The molecule has 0 heterocycles. The highest BCUT2D eigenvalue weighted by Gasteiger charge is 2.33. The van der Waals surface area contributed by atoms with Crippen LogP contribution in [0, 0.1) is 0 Å². The fourth-order valence-electron chi connectivity index (χ4n) is 1.66. The summed E-state index contributed by atoms with van der Waals surface area (Å²) in [7, 11) is 0.741. The van der Waals surface area contributed by atoms with Gasteiger partial charge in [0.2, 0.25) is 0 Å². The molecule has 0 spiro atoms. The lowest BCUT2D eigenvalue weighted by Crippen LogP contribution is -2.43. The lowest BCUT2D eigenvalue weighted by molar-refractivity contribution is -0.0712. The van der Waals surface area contributed by atoms with Gasteiger partial charge in [-0.1, -0.05) is 12.8 Å². The largest absolute Gasteiger partial charge is 0.422 e. The molecular weight excluding hydrogens is 144 g/mol. The molecule has 0 aromatic rings. The first-order valence-corrected chi connectivity index (χ1v) is 4.73. The molecule has 0 aliphatic heterocycles. The van der Waals surface area contributed by atoms with Crippen LogP contribution in [0.25, 0.3) is 0 Å². The zero-order valence-corrected chi connectivity index (χ0v) is 8.76. The molecule has 2 atom stereocenters. The summed E-state index contributed by atoms with van der Waals surface area (Å²) in [6.45, 7) is 1.88. The lowest BCUT2D eigenvalue weighted by Gasteiger charge is -2.36. The molecule has 60 valence electrons. The first-order valence-electron chi connectivity index (χ1n) is 3.92. The minimum atomic E-state index is -0.542. The van der Waals surface area contributed by atoms with E-state index in [2.05, 4.69) is 0 Å². The van der Waals surface area contributed by atoms with Crippen molar-refractivity contribution in [3.8, 4) is 0 Å². The summed E-state index contributed by atoms with van der Waals surface area (Å²) < 4.78 is 5.30. The highest BCUT2D eigenvalue weighted by molar-refractivity contribution is 5.98. The van der Waals surface area contributed by atoms with Crippen LogP contribution in [0.4, 0.5) is 0 Å². The number of hydrogen-bond donors (Lipinski definition) is 1. The summed E-state index contributed by atoms with van der Waals surface area (Å²) in [4.78, 5) is 0. The maximum Gasteiger partial charge on any atom is 0.146 e. The molecule has 0 aromatic carbocycles. The Hall–Kier alpha value is 0.137. The zero-order valence-electron chi connectivity index (χ0n) is 6.76. The third-order valence-electron chi connectivity index (χ3n) is 2.38. The van der Waals surface area contributed by atoms with Crippen LogP contribution in [0.15, 0.2) is 0 Å². The molecular formula is C7H16O2Si. The Morgan fingerprint density at radius 3 is 2.70 bits per heavy atom. The predicted molar refractivity (Wildman–Crippen MR) is 43.9 cm³/mol. The van der Waals surface area contributed by atoms with Crippen LogP contribution < -0.4 is 0 Å². The molecule has 0 saturated heterocycles. The Bertz CT molecular complexity index is 114. The van der Waals surface area contributed by atoms with Crippen molar-refractivity contribution in [3.05, 3.63) is 0 Å². The predicted octanol–water partition coefficient (Wildman–Crippen LogP) is -0.0230. The van der Waals surface area contributed by atoms with Gasteiger partial charge in [0.15, 0.2) is 0 Å². The summed E-state index contributed by atoms with van der Waals surface area (Å²) in [6, 6.07) is 0. The van der Waals surface area contributed by atoms with E-state index < -0.39 is 5.60 Å². The Morgan fingerprint density at radius 1 is 1.60 bits per heavy atom. The molecule has 3 heteroatoms. The quantitative estimate of drug-likeness (QED) is 0.546. The van der Waals surface area contributed by atoms with E-state index in [1.54, 1.807) is 0 Å². The molecule has 10 heavy (non-hydrogen) atoms. The Kier molecular flexibility index (Phi) is 2.49. The molecule has 1 rings (SSSR count). The van der Waals surface area contributed by atoms with E-state index in [1.807, 2.05) is 6.92 Å². The summed E-state index contributed by atoms with van der Waals surface area (Å²) in [6.07, 6.45) is 4.42. The maximum absolute atomic E-state index is 9.73. The van der Waals surface area contributed by atoms with E-state index in [0.717, 1.165) is 29.7 Å². The van der Waals surface area contributed by atoms with Gasteiger partial charge in [-0.2, -0.15) is 0 Å². The van der Waals surface area contributed by atoms with Gasteiger partial charge in [0.05, 0.1) is 11.7 Å². The topological polar surface area (TPSA) is 29.5 Å². The van der Waals surface area contributed by atoms with E-state index in [9.17, 15) is 5.11 Å². The van der Waals surface area contributed by atoms with Crippen molar-refractivity contribution in [2.75, 3.05) is 0 Å². The van der Waals surface area contributed by atoms with Gasteiger partial charge in [0.25, 0.3) is 0 Å². The Morgan fingerprint density at radius 2 is 2.30 bits per heavy atom. The second kappa shape index (κ2) is 3.03. The van der Waals surface area contributed by atoms with Crippen LogP contribution in [0.2, 0.25) is 0 Å². The molecule has 1 aliphatic carbocycles. The first kappa shape index (κ1) is 8.24. The van der Waals surface area contributed by atoms with E-state index in [0.29, 0.717) is 0 Å². The van der Waals surface area contributed by atoms with Crippen LogP contribution in [-0.4, -0.2) is 27.3 Å². The van der Waals surface area contributed by atoms with E-state index in [4.69, 9.17) is 4.43 Å². The smallest absolute Gasteiger partial charge is 0.146 e. The number of hydrogen-bond acceptors (Lipinski definition) is 2. The second-order valence-electron chi connectivity index (χ2n) is 3.33. The van der Waals surface area contributed by atoms with Gasteiger partial charge in [-0.15, -0.1) is 0 Å². The van der Waals surface area contributed by atoms with Crippen LogP contribution in [0.3, 0.4) is 0 Å². The van der Waals surface area contributed by atoms with Gasteiger partial charge in [-0.05, 0) is 19.8 Å². The first-order chi connectivity index (χ1) is 4.67. The zero-order chi connectivity index (χ0) is 7.61. The highest BCUT2D eigenvalue weighted by atomic mass is 28.2. The molecule has 1 aliphatic rings. The molecule has 1 saturated carbocycles. The van der Waals surface area contributed by atoms with E-state index in [-0.39, 0.29) is 6.10 Å². The van der Waals surface area contributed by atoms with Gasteiger partial charge in [0.1, 0.15) is 10.5 Å². The van der Waals surface area contributed by atoms with Crippen LogP contribution >= 0.6 is 0 Å². The molecule has 1 fully saturated rings. The monoisotopic (exact) mass is 160 g/mol. The average Bonchev–Trinajstić information content (AvgIpc) is 1.87. The SMILES string of the molecule is CC1(O)CCCCC1O[SiH3]. The third kappa shape index (κ3) is 1.59. The van der Waals surface area contributed by atoms with Crippen molar-refractivity contribution in [1.82, 2.24) is 0 Å². The fraction of sp³-hybridized carbons (Fsp3) is 1.00. The normalized spacial score (nSPS) is 42.0. The van der Waals surface area contributed by atoms with Gasteiger partial charge in [0, 0.05) is 0 Å². The van der Waals surface area contributed by atoms with Crippen molar-refractivity contribution in [3.63, 3.8) is 0 Å². The minimum absolute atomic E-state index is 0.118. The van der Waals surface area contributed by atoms with Crippen molar-refractivity contribution < 1.29 is 9.53 Å². The summed E-state index contributed by atoms with van der Waals surface area (Å²) >= 11 is 0. The molecule has 0 amide bonds. The summed E-state index contributed by atoms with van der Waals surface area (Å²) in [5, 5.41) is 9.73. The third-order valence-corrected chi connectivity index (χ3v) is 2.95. The molecule has 0 aromatic heterocycles. The van der Waals surface area contributed by atoms with Gasteiger partial charge in [-0.25, -0.2) is 0 Å². The van der Waals surface area contributed by atoms with Crippen molar-refractivity contribution in [2.45, 2.75) is 44.3 Å². The maximum atomic E-state index is 9.73. The summed E-state index contributed by atoms with van der Waals surface area (Å²) in [5.74, 6) is 0. The number of aliphatic hydroxyl groups is 1. The van der Waals surface area contributed by atoms with E-state index >= 15 is 0 Å². The standard InChI is InChI=1S/C7H16O2Si/c1-7(8)5-3-2-4-6(7)9-10/h6,8H,2-5H2,1,10H3. The van der Waals surface area contributed by atoms with Crippen LogP contribution in [0.1, 0.15) is 32.6 Å². The van der Waals surface area contributed by atoms with Crippen molar-refractivity contribution in [1.29, 1.82) is 0 Å². The molecule has 2 nitrogen and oxygen atoms in total. The van der Waals surface area contributed by atoms with Gasteiger partial charge in [-0.3, -0.25) is 0 Å². The number of rotatable bonds is 1.